The Balaban J connectivity index is 2.41. The summed E-state index contributed by atoms with van der Waals surface area (Å²) in [6.07, 6.45) is 4.35. The molecule has 0 bridgehead atoms. The maximum Gasteiger partial charge on any atom is 0.197 e. The molecule has 0 amide bonds. The number of hydrogen-bond donors (Lipinski definition) is 2. The average molecular weight is 217 g/mol. The van der Waals surface area contributed by atoms with Gasteiger partial charge in [-0.3, -0.25) is 0 Å². The molecule has 0 aliphatic rings. The summed E-state index contributed by atoms with van der Waals surface area (Å²) in [4.78, 5) is 16.0. The number of imidazole rings is 1. The Morgan fingerprint density at radius 2 is 2.19 bits per heavy atom. The van der Waals surface area contributed by atoms with E-state index in [4.69, 9.17) is 0 Å². The van der Waals surface area contributed by atoms with Gasteiger partial charge in [-0.05, 0) is 13.3 Å². The van der Waals surface area contributed by atoms with E-state index in [0.717, 1.165) is 24.5 Å². The molecule has 0 aliphatic heterocycles. The number of aromatic nitrogens is 4. The number of nitrogens with one attached hydrogen (secondary N) is 2. The molecule has 0 unspecified atom stereocenters. The number of rotatable bonds is 4. The summed E-state index contributed by atoms with van der Waals surface area (Å²) in [6.45, 7) is 4.96. The first-order chi connectivity index (χ1) is 7.83. The molecule has 16 heavy (non-hydrogen) atoms. The minimum Gasteiger partial charge on any atom is -0.370 e. The zero-order valence-electron chi connectivity index (χ0n) is 9.49. The standard InChI is InChI=1S/C11H15N5/c1-3-8-7-9(12-4-2)16-11(15-8)10-13-5-6-14-10/h5-7H,3-4H2,1-2H3,(H,13,14)(H,12,15,16). The van der Waals surface area contributed by atoms with E-state index in [1.54, 1.807) is 12.4 Å². The van der Waals surface area contributed by atoms with Crippen molar-refractivity contribution >= 4 is 5.82 Å². The lowest BCUT2D eigenvalue weighted by Gasteiger charge is -2.06. The van der Waals surface area contributed by atoms with E-state index in [2.05, 4.69) is 32.2 Å². The van der Waals surface area contributed by atoms with Crippen molar-refractivity contribution in [3.63, 3.8) is 0 Å². The van der Waals surface area contributed by atoms with Crippen molar-refractivity contribution in [3.05, 3.63) is 24.2 Å². The van der Waals surface area contributed by atoms with Crippen LogP contribution >= 0.6 is 0 Å². The minimum absolute atomic E-state index is 0.639. The van der Waals surface area contributed by atoms with Gasteiger partial charge in [0, 0.05) is 30.7 Å². The molecule has 5 nitrogen and oxygen atoms in total. The Hall–Kier alpha value is -1.91. The van der Waals surface area contributed by atoms with Gasteiger partial charge in [-0.2, -0.15) is 0 Å². The van der Waals surface area contributed by atoms with E-state index in [1.807, 2.05) is 13.0 Å². The van der Waals surface area contributed by atoms with Crippen LogP contribution < -0.4 is 5.32 Å². The van der Waals surface area contributed by atoms with Gasteiger partial charge < -0.3 is 10.3 Å². The number of nitrogens with zero attached hydrogens (tertiary/aromatic N) is 3. The molecule has 0 aliphatic carbocycles. The highest BCUT2D eigenvalue weighted by molar-refractivity contribution is 5.49. The lowest BCUT2D eigenvalue weighted by atomic mass is 10.3. The highest BCUT2D eigenvalue weighted by atomic mass is 15.1. The van der Waals surface area contributed by atoms with Crippen molar-refractivity contribution < 1.29 is 0 Å². The van der Waals surface area contributed by atoms with Crippen LogP contribution in [0.25, 0.3) is 11.6 Å². The summed E-state index contributed by atoms with van der Waals surface area (Å²) in [7, 11) is 0. The van der Waals surface area contributed by atoms with E-state index in [-0.39, 0.29) is 0 Å². The second kappa shape index (κ2) is 4.74. The third kappa shape index (κ3) is 2.18. The predicted molar refractivity (Wildman–Crippen MR) is 63.2 cm³/mol. The van der Waals surface area contributed by atoms with Crippen LogP contribution in [0.1, 0.15) is 19.5 Å². The Labute approximate surface area is 94.4 Å². The summed E-state index contributed by atoms with van der Waals surface area (Å²) < 4.78 is 0. The second-order valence-corrected chi connectivity index (χ2v) is 3.39. The molecular weight excluding hydrogens is 202 g/mol. The topological polar surface area (TPSA) is 66.5 Å². The molecular formula is C11H15N5. The summed E-state index contributed by atoms with van der Waals surface area (Å²) >= 11 is 0. The number of H-pyrrole nitrogens is 1. The maximum atomic E-state index is 4.43. The Kier molecular flexibility index (Phi) is 3.14. The summed E-state index contributed by atoms with van der Waals surface area (Å²) in [6, 6.07) is 1.97. The highest BCUT2D eigenvalue weighted by Crippen LogP contribution is 2.14. The number of aryl methyl sites for hydroxylation is 1. The van der Waals surface area contributed by atoms with Gasteiger partial charge in [0.2, 0.25) is 0 Å². The first-order valence-electron chi connectivity index (χ1n) is 5.45. The lowest BCUT2D eigenvalue weighted by molar-refractivity contribution is 0.986. The van der Waals surface area contributed by atoms with Crippen LogP contribution in [-0.2, 0) is 6.42 Å². The molecule has 0 aromatic carbocycles. The zero-order chi connectivity index (χ0) is 11.4. The molecule has 2 aromatic rings. The van der Waals surface area contributed by atoms with Gasteiger partial charge in [-0.25, -0.2) is 15.0 Å². The summed E-state index contributed by atoms with van der Waals surface area (Å²) in [5.41, 5.74) is 1.01. The first-order valence-corrected chi connectivity index (χ1v) is 5.45. The molecule has 0 saturated carbocycles. The van der Waals surface area contributed by atoms with Crippen LogP contribution in [0.3, 0.4) is 0 Å². The van der Waals surface area contributed by atoms with Gasteiger partial charge in [0.25, 0.3) is 0 Å². The SMILES string of the molecule is CCNc1cc(CC)nc(-c2ncc[nH]2)n1. The summed E-state index contributed by atoms with van der Waals surface area (Å²) in [5, 5.41) is 3.19. The van der Waals surface area contributed by atoms with Crippen molar-refractivity contribution in [3.8, 4) is 11.6 Å². The quantitative estimate of drug-likeness (QED) is 0.820. The van der Waals surface area contributed by atoms with Crippen LogP contribution in [0, 0.1) is 0 Å². The van der Waals surface area contributed by atoms with Crippen LogP contribution in [0.5, 0.6) is 0 Å². The molecule has 2 N–H and O–H groups in total. The van der Waals surface area contributed by atoms with Crippen molar-refractivity contribution in [1.29, 1.82) is 0 Å². The van der Waals surface area contributed by atoms with Gasteiger partial charge in [0.05, 0.1) is 0 Å². The fourth-order valence-electron chi connectivity index (χ4n) is 1.44. The smallest absolute Gasteiger partial charge is 0.197 e. The maximum absolute atomic E-state index is 4.43. The third-order valence-electron chi connectivity index (χ3n) is 2.21. The highest BCUT2D eigenvalue weighted by Gasteiger charge is 2.07. The molecule has 2 aromatic heterocycles. The zero-order valence-corrected chi connectivity index (χ0v) is 9.49. The monoisotopic (exact) mass is 217 g/mol. The van der Waals surface area contributed by atoms with E-state index in [9.17, 15) is 0 Å². The van der Waals surface area contributed by atoms with E-state index >= 15 is 0 Å². The van der Waals surface area contributed by atoms with E-state index in [0.29, 0.717) is 11.6 Å². The molecule has 0 saturated heterocycles. The third-order valence-corrected chi connectivity index (χ3v) is 2.21. The number of hydrogen-bond acceptors (Lipinski definition) is 4. The van der Waals surface area contributed by atoms with Gasteiger partial charge in [0.1, 0.15) is 5.82 Å². The minimum atomic E-state index is 0.639. The molecule has 0 spiro atoms. The molecule has 2 heterocycles. The van der Waals surface area contributed by atoms with Gasteiger partial charge >= 0.3 is 0 Å². The predicted octanol–water partition coefficient (Wildman–Crippen LogP) is 1.86. The van der Waals surface area contributed by atoms with Crippen LogP contribution in [0.4, 0.5) is 5.82 Å². The largest absolute Gasteiger partial charge is 0.370 e. The van der Waals surface area contributed by atoms with Crippen molar-refractivity contribution in [2.24, 2.45) is 0 Å². The Bertz CT molecular complexity index is 449. The van der Waals surface area contributed by atoms with Crippen molar-refractivity contribution in [1.82, 2.24) is 19.9 Å². The van der Waals surface area contributed by atoms with Crippen molar-refractivity contribution in [2.45, 2.75) is 20.3 Å². The molecule has 0 atom stereocenters. The normalized spacial score (nSPS) is 10.4. The fraction of sp³-hybridized carbons (Fsp3) is 0.364. The van der Waals surface area contributed by atoms with Gasteiger partial charge in [-0.15, -0.1) is 0 Å². The second-order valence-electron chi connectivity index (χ2n) is 3.39. The van der Waals surface area contributed by atoms with Gasteiger partial charge in [-0.1, -0.05) is 6.92 Å². The molecule has 2 rings (SSSR count). The molecule has 0 fully saturated rings. The van der Waals surface area contributed by atoms with Crippen LogP contribution in [-0.4, -0.2) is 26.5 Å². The Morgan fingerprint density at radius 1 is 1.31 bits per heavy atom. The number of anilines is 1. The Morgan fingerprint density at radius 3 is 2.81 bits per heavy atom. The summed E-state index contributed by atoms with van der Waals surface area (Å²) in [5.74, 6) is 2.19. The van der Waals surface area contributed by atoms with Crippen LogP contribution in [0.15, 0.2) is 18.5 Å². The fourth-order valence-corrected chi connectivity index (χ4v) is 1.44. The van der Waals surface area contributed by atoms with E-state index in [1.165, 1.54) is 0 Å². The van der Waals surface area contributed by atoms with Crippen molar-refractivity contribution in [2.75, 3.05) is 11.9 Å². The first kappa shape index (κ1) is 10.6. The van der Waals surface area contributed by atoms with Gasteiger partial charge in [0.15, 0.2) is 11.6 Å². The van der Waals surface area contributed by atoms with E-state index < -0.39 is 0 Å². The average Bonchev–Trinajstić information content (AvgIpc) is 2.82. The van der Waals surface area contributed by atoms with Crippen LogP contribution in [0.2, 0.25) is 0 Å². The molecule has 5 heteroatoms. The number of aromatic amines is 1. The molecule has 0 radical (unpaired) electrons. The lowest BCUT2D eigenvalue weighted by Crippen LogP contribution is -2.04. The molecule has 84 valence electrons.